The predicted molar refractivity (Wildman–Crippen MR) is 89.8 cm³/mol. The third-order valence-corrected chi connectivity index (χ3v) is 5.37. The zero-order chi connectivity index (χ0) is 16.3. The third-order valence-electron chi connectivity index (χ3n) is 5.37. The molecule has 3 rings (SSSR count). The quantitative estimate of drug-likeness (QED) is 0.765. The fourth-order valence-electron chi connectivity index (χ4n) is 3.34. The van der Waals surface area contributed by atoms with Crippen molar-refractivity contribution in [2.45, 2.75) is 39.5 Å². The second-order valence-electron chi connectivity index (χ2n) is 6.89. The van der Waals surface area contributed by atoms with Gasteiger partial charge in [0.1, 0.15) is 6.61 Å². The zero-order valence-corrected chi connectivity index (χ0v) is 13.9. The summed E-state index contributed by atoms with van der Waals surface area (Å²) in [7, 11) is 0. The Morgan fingerprint density at radius 2 is 2.22 bits per heavy atom. The summed E-state index contributed by atoms with van der Waals surface area (Å²) in [6.07, 6.45) is 15.9. The molecule has 0 aromatic carbocycles. The molecule has 23 heavy (non-hydrogen) atoms. The Balaban J connectivity index is 1.76. The van der Waals surface area contributed by atoms with Crippen molar-refractivity contribution >= 4 is 5.97 Å². The number of allylic oxidation sites excluding steroid dienone is 3. The van der Waals surface area contributed by atoms with E-state index in [0.717, 1.165) is 36.8 Å². The average molecular weight is 312 g/mol. The van der Waals surface area contributed by atoms with E-state index in [4.69, 9.17) is 9.15 Å². The van der Waals surface area contributed by atoms with Crippen molar-refractivity contribution in [1.82, 2.24) is 0 Å². The van der Waals surface area contributed by atoms with Crippen molar-refractivity contribution in [3.63, 3.8) is 0 Å². The summed E-state index contributed by atoms with van der Waals surface area (Å²) in [5.74, 6) is 0.349. The number of ether oxygens (including phenoxy) is 1. The molecule has 1 aliphatic heterocycles. The molecule has 1 aliphatic carbocycles. The van der Waals surface area contributed by atoms with Crippen LogP contribution in [0.2, 0.25) is 0 Å². The van der Waals surface area contributed by atoms with E-state index in [0.29, 0.717) is 12.5 Å². The number of hydrogen-bond acceptors (Lipinski definition) is 3. The number of carbonyl (C=O) groups excluding carboxylic acids is 1. The van der Waals surface area contributed by atoms with Crippen molar-refractivity contribution < 1.29 is 13.9 Å². The molecule has 0 spiro atoms. The van der Waals surface area contributed by atoms with E-state index < -0.39 is 0 Å². The monoisotopic (exact) mass is 312 g/mol. The van der Waals surface area contributed by atoms with Gasteiger partial charge in [-0.1, -0.05) is 32.1 Å². The minimum Gasteiger partial charge on any atom is -0.472 e. The Morgan fingerprint density at radius 1 is 1.35 bits per heavy atom. The first-order valence-electron chi connectivity index (χ1n) is 8.34. The van der Waals surface area contributed by atoms with E-state index in [1.807, 2.05) is 24.5 Å². The van der Waals surface area contributed by atoms with Crippen LogP contribution in [0.3, 0.4) is 0 Å². The highest BCUT2D eigenvalue weighted by molar-refractivity contribution is 5.94. The molecule has 0 bridgehead atoms. The van der Waals surface area contributed by atoms with E-state index in [1.54, 1.807) is 6.26 Å². The van der Waals surface area contributed by atoms with Crippen LogP contribution in [0.4, 0.5) is 0 Å². The minimum absolute atomic E-state index is 0.128. The molecule has 0 amide bonds. The van der Waals surface area contributed by atoms with Crippen molar-refractivity contribution in [2.75, 3.05) is 6.61 Å². The first-order chi connectivity index (χ1) is 11.1. The van der Waals surface area contributed by atoms with Gasteiger partial charge in [-0.2, -0.15) is 0 Å². The Kier molecular flexibility index (Phi) is 4.56. The summed E-state index contributed by atoms with van der Waals surface area (Å²) in [5, 5.41) is 0. The second kappa shape index (κ2) is 6.61. The average Bonchev–Trinajstić information content (AvgIpc) is 3.17. The fourth-order valence-corrected chi connectivity index (χ4v) is 3.34. The predicted octanol–water partition coefficient (Wildman–Crippen LogP) is 4.61. The van der Waals surface area contributed by atoms with E-state index in [-0.39, 0.29) is 11.4 Å². The Hall–Kier alpha value is -2.03. The maximum absolute atomic E-state index is 11.8. The number of aryl methyl sites for hydroxylation is 1. The molecule has 1 aromatic heterocycles. The van der Waals surface area contributed by atoms with Gasteiger partial charge in [-0.05, 0) is 60.3 Å². The molecule has 0 radical (unpaired) electrons. The van der Waals surface area contributed by atoms with Crippen LogP contribution in [0.5, 0.6) is 0 Å². The Bertz CT molecular complexity index is 648. The van der Waals surface area contributed by atoms with Crippen molar-refractivity contribution in [1.29, 1.82) is 0 Å². The summed E-state index contributed by atoms with van der Waals surface area (Å²) in [6, 6.07) is 2.04. The first kappa shape index (κ1) is 15.9. The second-order valence-corrected chi connectivity index (χ2v) is 6.89. The standard InChI is InChI=1S/C20H24O3/c1-15-6-7-17-14-23-19(21)18(17)5-3-4-10-20(15,2)11-8-16-9-12-22-13-16/h3-5,9-10,12-13,15H,6-8,11,14H2,1-2H3/b5-3+,10-4-/t15-,20+/m1/s1. The molecule has 0 fully saturated rings. The molecule has 3 heteroatoms. The van der Waals surface area contributed by atoms with Crippen LogP contribution in [-0.4, -0.2) is 12.6 Å². The molecule has 2 heterocycles. The summed E-state index contributed by atoms with van der Waals surface area (Å²) in [5.41, 5.74) is 3.28. The molecule has 0 unspecified atom stereocenters. The number of carbonyl (C=O) groups is 1. The van der Waals surface area contributed by atoms with Gasteiger partial charge in [-0.25, -0.2) is 4.79 Å². The van der Waals surface area contributed by atoms with Gasteiger partial charge in [0.15, 0.2) is 0 Å². The van der Waals surface area contributed by atoms with Gasteiger partial charge >= 0.3 is 5.97 Å². The van der Waals surface area contributed by atoms with Crippen LogP contribution in [0.15, 0.2) is 58.5 Å². The summed E-state index contributed by atoms with van der Waals surface area (Å²) >= 11 is 0. The Labute approximate surface area is 137 Å². The van der Waals surface area contributed by atoms with E-state index in [1.165, 1.54) is 5.56 Å². The maximum Gasteiger partial charge on any atom is 0.338 e. The topological polar surface area (TPSA) is 39.4 Å². The Morgan fingerprint density at radius 3 is 3.00 bits per heavy atom. The molecule has 2 atom stereocenters. The van der Waals surface area contributed by atoms with Crippen LogP contribution in [-0.2, 0) is 16.0 Å². The van der Waals surface area contributed by atoms with Gasteiger partial charge < -0.3 is 9.15 Å². The van der Waals surface area contributed by atoms with Crippen molar-refractivity contribution in [3.05, 3.63) is 59.6 Å². The maximum atomic E-state index is 11.8. The zero-order valence-electron chi connectivity index (χ0n) is 13.9. The molecule has 0 N–H and O–H groups in total. The van der Waals surface area contributed by atoms with Crippen molar-refractivity contribution in [3.8, 4) is 0 Å². The molecule has 122 valence electrons. The van der Waals surface area contributed by atoms with Crippen LogP contribution in [0.25, 0.3) is 0 Å². The van der Waals surface area contributed by atoms with Gasteiger partial charge in [-0.15, -0.1) is 0 Å². The lowest BCUT2D eigenvalue weighted by Gasteiger charge is -2.33. The lowest BCUT2D eigenvalue weighted by Crippen LogP contribution is -2.24. The van der Waals surface area contributed by atoms with E-state index in [9.17, 15) is 4.79 Å². The molecule has 0 saturated carbocycles. The van der Waals surface area contributed by atoms with Crippen LogP contribution in [0, 0.1) is 11.3 Å². The van der Waals surface area contributed by atoms with Gasteiger partial charge in [-0.3, -0.25) is 0 Å². The SMILES string of the molecule is C[C@@H]1CCC2=C(/C=C/C=C\[C@@]1(C)CCc1ccoc1)C(=O)OC2. The van der Waals surface area contributed by atoms with Gasteiger partial charge in [0, 0.05) is 0 Å². The number of hydrogen-bond donors (Lipinski definition) is 0. The lowest BCUT2D eigenvalue weighted by molar-refractivity contribution is -0.135. The molecule has 3 nitrogen and oxygen atoms in total. The lowest BCUT2D eigenvalue weighted by atomic mass is 9.71. The number of furan rings is 1. The van der Waals surface area contributed by atoms with Crippen LogP contribution in [0.1, 0.15) is 38.7 Å². The molecule has 2 aliphatic rings. The summed E-state index contributed by atoms with van der Waals surface area (Å²) in [6.45, 7) is 5.10. The number of cyclic esters (lactones) is 1. The number of rotatable bonds is 3. The first-order valence-corrected chi connectivity index (χ1v) is 8.34. The minimum atomic E-state index is -0.180. The van der Waals surface area contributed by atoms with Crippen molar-refractivity contribution in [2.24, 2.45) is 11.3 Å². The molecular formula is C20H24O3. The highest BCUT2D eigenvalue weighted by atomic mass is 16.5. The van der Waals surface area contributed by atoms with Crippen LogP contribution >= 0.6 is 0 Å². The highest BCUT2D eigenvalue weighted by Gasteiger charge is 2.30. The normalized spacial score (nSPS) is 30.7. The summed E-state index contributed by atoms with van der Waals surface area (Å²) in [4.78, 5) is 11.8. The summed E-state index contributed by atoms with van der Waals surface area (Å²) < 4.78 is 10.3. The molecule has 0 saturated heterocycles. The van der Waals surface area contributed by atoms with Crippen LogP contribution < -0.4 is 0 Å². The van der Waals surface area contributed by atoms with Gasteiger partial charge in [0.05, 0.1) is 18.1 Å². The number of esters is 1. The largest absolute Gasteiger partial charge is 0.472 e. The smallest absolute Gasteiger partial charge is 0.338 e. The van der Waals surface area contributed by atoms with E-state index >= 15 is 0 Å². The molecule has 1 aromatic rings. The highest BCUT2D eigenvalue weighted by Crippen LogP contribution is 2.39. The molecular weight excluding hydrogens is 288 g/mol. The van der Waals surface area contributed by atoms with E-state index in [2.05, 4.69) is 26.0 Å². The third kappa shape index (κ3) is 3.49. The van der Waals surface area contributed by atoms with Gasteiger partial charge in [0.2, 0.25) is 0 Å². The fraction of sp³-hybridized carbons (Fsp3) is 0.450. The van der Waals surface area contributed by atoms with Gasteiger partial charge in [0.25, 0.3) is 0 Å².